The third-order valence-electron chi connectivity index (χ3n) is 4.65. The first-order chi connectivity index (χ1) is 11.2. The number of hydrogen-bond acceptors (Lipinski definition) is 2. The van der Waals surface area contributed by atoms with Crippen molar-refractivity contribution in [3.8, 4) is 0 Å². The fourth-order valence-electron chi connectivity index (χ4n) is 3.12. The first-order valence-corrected chi connectivity index (χ1v) is 10.6. The predicted octanol–water partition coefficient (Wildman–Crippen LogP) is 3.55. The average Bonchev–Trinajstić information content (AvgIpc) is 2.56. The summed E-state index contributed by atoms with van der Waals surface area (Å²) < 4.78 is 6.88. The van der Waals surface area contributed by atoms with E-state index in [1.165, 1.54) is 10.4 Å². The molecule has 2 nitrogen and oxygen atoms in total. The first-order valence-electron chi connectivity index (χ1n) is 8.68. The molecule has 0 unspecified atom stereocenters. The highest BCUT2D eigenvalue weighted by Gasteiger charge is 2.50. The van der Waals surface area contributed by atoms with Gasteiger partial charge in [-0.3, -0.25) is 0 Å². The fraction of sp³-hybridized carbons (Fsp3) is 0.429. The summed E-state index contributed by atoms with van der Waals surface area (Å²) in [5.41, 5.74) is 5.92. The second-order valence-corrected chi connectivity index (χ2v) is 12.6. The van der Waals surface area contributed by atoms with Crippen molar-refractivity contribution in [2.24, 2.45) is 11.1 Å². The molecule has 2 aromatic rings. The molecule has 2 N–H and O–H groups in total. The zero-order valence-corrected chi connectivity index (χ0v) is 16.7. The van der Waals surface area contributed by atoms with Crippen LogP contribution in [-0.4, -0.2) is 21.5 Å². The molecule has 3 heteroatoms. The molecule has 0 spiro atoms. The van der Waals surface area contributed by atoms with E-state index < -0.39 is 8.32 Å². The summed E-state index contributed by atoms with van der Waals surface area (Å²) in [5.74, 6) is 0. The molecule has 2 rings (SSSR count). The summed E-state index contributed by atoms with van der Waals surface area (Å²) in [6.07, 6.45) is 0. The summed E-state index contributed by atoms with van der Waals surface area (Å²) in [5, 5.41) is 2.65. The minimum atomic E-state index is -2.43. The molecular weight excluding hydrogens is 310 g/mol. The Balaban J connectivity index is 2.62. The van der Waals surface area contributed by atoms with Crippen molar-refractivity contribution in [3.05, 3.63) is 60.7 Å². The van der Waals surface area contributed by atoms with Crippen LogP contribution >= 0.6 is 0 Å². The SMILES string of the molecule is CC(C)(CN)CO[Si](c1ccccc1)(c1ccccc1)C(C)(C)C. The van der Waals surface area contributed by atoms with Gasteiger partial charge in [0.25, 0.3) is 8.32 Å². The summed E-state index contributed by atoms with van der Waals surface area (Å²) in [4.78, 5) is 0. The molecule has 0 aromatic heterocycles. The van der Waals surface area contributed by atoms with E-state index in [1.807, 2.05) is 0 Å². The highest BCUT2D eigenvalue weighted by Crippen LogP contribution is 2.37. The Bertz CT molecular complexity index is 592. The molecule has 2 aromatic carbocycles. The van der Waals surface area contributed by atoms with Crippen molar-refractivity contribution in [3.63, 3.8) is 0 Å². The molecule has 0 bridgehead atoms. The summed E-state index contributed by atoms with van der Waals surface area (Å²) >= 11 is 0. The summed E-state index contributed by atoms with van der Waals surface area (Å²) in [7, 11) is -2.43. The van der Waals surface area contributed by atoms with Crippen LogP contribution in [0.5, 0.6) is 0 Å². The van der Waals surface area contributed by atoms with Gasteiger partial charge < -0.3 is 10.2 Å². The molecule has 0 aliphatic heterocycles. The average molecular weight is 342 g/mol. The van der Waals surface area contributed by atoms with Crippen LogP contribution in [-0.2, 0) is 4.43 Å². The van der Waals surface area contributed by atoms with Gasteiger partial charge in [0.05, 0.1) is 0 Å². The van der Waals surface area contributed by atoms with Crippen molar-refractivity contribution in [1.82, 2.24) is 0 Å². The van der Waals surface area contributed by atoms with E-state index >= 15 is 0 Å². The number of benzene rings is 2. The normalized spacial score (nSPS) is 13.1. The van der Waals surface area contributed by atoms with Crippen molar-refractivity contribution < 1.29 is 4.43 Å². The third kappa shape index (κ3) is 3.80. The van der Waals surface area contributed by atoms with E-state index in [9.17, 15) is 0 Å². The Morgan fingerprint density at radius 3 is 1.54 bits per heavy atom. The summed E-state index contributed by atoms with van der Waals surface area (Å²) in [6.45, 7) is 12.5. The van der Waals surface area contributed by atoms with Gasteiger partial charge in [0.15, 0.2) is 0 Å². The maximum Gasteiger partial charge on any atom is 0.261 e. The molecule has 0 radical (unpaired) electrons. The minimum absolute atomic E-state index is 0.0143. The van der Waals surface area contributed by atoms with Gasteiger partial charge in [0.1, 0.15) is 0 Å². The number of hydrogen-bond donors (Lipinski definition) is 1. The zero-order valence-electron chi connectivity index (χ0n) is 15.7. The van der Waals surface area contributed by atoms with Gasteiger partial charge in [-0.25, -0.2) is 0 Å². The van der Waals surface area contributed by atoms with Gasteiger partial charge in [-0.2, -0.15) is 0 Å². The van der Waals surface area contributed by atoms with Crippen molar-refractivity contribution in [1.29, 1.82) is 0 Å². The molecule has 130 valence electrons. The van der Waals surface area contributed by atoms with Gasteiger partial charge in [-0.15, -0.1) is 0 Å². The second kappa shape index (κ2) is 7.22. The van der Waals surface area contributed by atoms with Crippen LogP contribution in [0.4, 0.5) is 0 Å². The second-order valence-electron chi connectivity index (χ2n) is 8.32. The molecule has 0 saturated heterocycles. The van der Waals surface area contributed by atoms with Crippen LogP contribution < -0.4 is 16.1 Å². The summed E-state index contributed by atoms with van der Waals surface area (Å²) in [6, 6.07) is 21.5. The molecule has 0 heterocycles. The first kappa shape index (κ1) is 18.9. The Labute approximate surface area is 148 Å². The Kier molecular flexibility index (Phi) is 5.69. The Morgan fingerprint density at radius 1 is 0.792 bits per heavy atom. The van der Waals surface area contributed by atoms with E-state index in [4.69, 9.17) is 10.2 Å². The van der Waals surface area contributed by atoms with Crippen LogP contribution in [0.15, 0.2) is 60.7 Å². The molecule has 0 saturated carbocycles. The molecule has 24 heavy (non-hydrogen) atoms. The molecule has 0 atom stereocenters. The lowest BCUT2D eigenvalue weighted by molar-refractivity contribution is 0.176. The largest absolute Gasteiger partial charge is 0.407 e. The van der Waals surface area contributed by atoms with Crippen LogP contribution in [0.2, 0.25) is 5.04 Å². The van der Waals surface area contributed by atoms with E-state index in [-0.39, 0.29) is 10.5 Å². The lowest BCUT2D eigenvalue weighted by Gasteiger charge is -2.44. The maximum atomic E-state index is 6.88. The lowest BCUT2D eigenvalue weighted by Crippen LogP contribution is -2.67. The predicted molar refractivity (Wildman–Crippen MR) is 106 cm³/mol. The quantitative estimate of drug-likeness (QED) is 0.816. The Morgan fingerprint density at radius 2 is 1.21 bits per heavy atom. The van der Waals surface area contributed by atoms with Crippen molar-refractivity contribution >= 4 is 18.7 Å². The topological polar surface area (TPSA) is 35.2 Å². The third-order valence-corrected chi connectivity index (χ3v) is 9.63. The van der Waals surface area contributed by atoms with Crippen LogP contribution in [0.1, 0.15) is 34.6 Å². The number of rotatable bonds is 6. The van der Waals surface area contributed by atoms with E-state index in [1.54, 1.807) is 0 Å². The van der Waals surface area contributed by atoms with Gasteiger partial charge in [-0.05, 0) is 27.4 Å². The van der Waals surface area contributed by atoms with Crippen LogP contribution in [0.3, 0.4) is 0 Å². The Hall–Kier alpha value is -1.42. The van der Waals surface area contributed by atoms with Gasteiger partial charge >= 0.3 is 0 Å². The van der Waals surface area contributed by atoms with Crippen molar-refractivity contribution in [2.75, 3.05) is 13.2 Å². The zero-order chi connectivity index (χ0) is 17.8. The highest BCUT2D eigenvalue weighted by molar-refractivity contribution is 6.99. The minimum Gasteiger partial charge on any atom is -0.407 e. The van der Waals surface area contributed by atoms with Crippen LogP contribution in [0.25, 0.3) is 0 Å². The maximum absolute atomic E-state index is 6.88. The van der Waals surface area contributed by atoms with Gasteiger partial charge in [0.2, 0.25) is 0 Å². The molecule has 0 aliphatic rings. The van der Waals surface area contributed by atoms with E-state index in [0.29, 0.717) is 13.2 Å². The van der Waals surface area contributed by atoms with E-state index in [2.05, 4.69) is 95.3 Å². The van der Waals surface area contributed by atoms with Crippen LogP contribution in [0, 0.1) is 5.41 Å². The standard InChI is InChI=1S/C21H31NOSi/c1-20(2,3)24(18-12-8-6-9-13-18,19-14-10-7-11-15-19)23-17-21(4,5)16-22/h6-15H,16-17,22H2,1-5H3. The highest BCUT2D eigenvalue weighted by atomic mass is 28.4. The van der Waals surface area contributed by atoms with E-state index in [0.717, 1.165) is 0 Å². The molecular formula is C21H31NOSi. The molecule has 0 aliphatic carbocycles. The number of nitrogens with two attached hydrogens (primary N) is 1. The van der Waals surface area contributed by atoms with Gasteiger partial charge in [-0.1, -0.05) is 95.3 Å². The molecule has 0 fully saturated rings. The smallest absolute Gasteiger partial charge is 0.261 e. The fourth-order valence-corrected chi connectivity index (χ4v) is 7.89. The molecule has 0 amide bonds. The monoisotopic (exact) mass is 341 g/mol. The van der Waals surface area contributed by atoms with Gasteiger partial charge in [0, 0.05) is 6.61 Å². The lowest BCUT2D eigenvalue weighted by atomic mass is 9.96. The van der Waals surface area contributed by atoms with Crippen molar-refractivity contribution in [2.45, 2.75) is 39.7 Å².